The van der Waals surface area contributed by atoms with Crippen LogP contribution in [0.2, 0.25) is 5.02 Å². The third-order valence-electron chi connectivity index (χ3n) is 2.31. The Kier molecular flexibility index (Phi) is 6.81. The van der Waals surface area contributed by atoms with Crippen molar-refractivity contribution in [1.82, 2.24) is 5.32 Å². The quantitative estimate of drug-likeness (QED) is 0.648. The molecule has 0 spiro atoms. The van der Waals surface area contributed by atoms with Crippen LogP contribution in [0, 0.1) is 5.92 Å². The van der Waals surface area contributed by atoms with Gasteiger partial charge in [0.15, 0.2) is 6.61 Å². The first-order chi connectivity index (χ1) is 9.47. The van der Waals surface area contributed by atoms with E-state index in [1.54, 1.807) is 24.3 Å². The molecule has 0 saturated carbocycles. The molecule has 0 radical (unpaired) electrons. The molecule has 0 aliphatic heterocycles. The molecule has 0 aliphatic rings. The summed E-state index contributed by atoms with van der Waals surface area (Å²) in [6, 6.07) is 7.06. The van der Waals surface area contributed by atoms with E-state index in [0.29, 0.717) is 17.5 Å². The smallest absolute Gasteiger partial charge is 0.331 e. The number of rotatable bonds is 6. The number of benzene rings is 1. The predicted molar refractivity (Wildman–Crippen MR) is 79.3 cm³/mol. The van der Waals surface area contributed by atoms with Crippen LogP contribution in [-0.4, -0.2) is 25.0 Å². The van der Waals surface area contributed by atoms with E-state index in [-0.39, 0.29) is 12.5 Å². The van der Waals surface area contributed by atoms with Gasteiger partial charge in [0.25, 0.3) is 5.91 Å². The summed E-state index contributed by atoms with van der Waals surface area (Å²) < 4.78 is 4.82. The Morgan fingerprint density at radius 2 is 2.15 bits per heavy atom. The van der Waals surface area contributed by atoms with Gasteiger partial charge in [0.1, 0.15) is 0 Å². The lowest BCUT2D eigenvalue weighted by atomic mass is 10.2. The van der Waals surface area contributed by atoms with Crippen LogP contribution in [0.4, 0.5) is 0 Å². The van der Waals surface area contributed by atoms with Crippen LogP contribution in [0.3, 0.4) is 0 Å². The van der Waals surface area contributed by atoms with Gasteiger partial charge in [-0.1, -0.05) is 37.6 Å². The summed E-state index contributed by atoms with van der Waals surface area (Å²) >= 11 is 5.82. The van der Waals surface area contributed by atoms with Gasteiger partial charge in [0, 0.05) is 17.6 Å². The Morgan fingerprint density at radius 1 is 1.40 bits per heavy atom. The summed E-state index contributed by atoms with van der Waals surface area (Å²) in [5, 5.41) is 3.25. The SMILES string of the molecule is CC(C)CNC(=O)COC(=O)/C=C/c1cccc(Cl)c1. The van der Waals surface area contributed by atoms with Gasteiger partial charge in [-0.15, -0.1) is 0 Å². The first-order valence-electron chi connectivity index (χ1n) is 6.34. The zero-order chi connectivity index (χ0) is 15.0. The van der Waals surface area contributed by atoms with Crippen molar-refractivity contribution in [2.24, 2.45) is 5.92 Å². The van der Waals surface area contributed by atoms with Gasteiger partial charge in [0.2, 0.25) is 0 Å². The van der Waals surface area contributed by atoms with E-state index in [1.807, 2.05) is 19.9 Å². The number of esters is 1. The standard InChI is InChI=1S/C15H18ClNO3/c1-11(2)9-17-14(18)10-20-15(19)7-6-12-4-3-5-13(16)8-12/h3-8,11H,9-10H2,1-2H3,(H,17,18)/b7-6+. The largest absolute Gasteiger partial charge is 0.452 e. The van der Waals surface area contributed by atoms with Gasteiger partial charge in [-0.3, -0.25) is 4.79 Å². The second-order valence-electron chi connectivity index (χ2n) is 4.69. The Labute approximate surface area is 123 Å². The summed E-state index contributed by atoms with van der Waals surface area (Å²) in [6.07, 6.45) is 2.85. The highest BCUT2D eigenvalue weighted by atomic mass is 35.5. The molecule has 1 N–H and O–H groups in total. The number of hydrogen-bond donors (Lipinski definition) is 1. The minimum atomic E-state index is -0.565. The fourth-order valence-electron chi connectivity index (χ4n) is 1.33. The summed E-state index contributed by atoms with van der Waals surface area (Å²) in [5.41, 5.74) is 0.790. The van der Waals surface area contributed by atoms with E-state index < -0.39 is 5.97 Å². The lowest BCUT2D eigenvalue weighted by Crippen LogP contribution is -2.31. The second-order valence-corrected chi connectivity index (χ2v) is 5.13. The molecular formula is C15H18ClNO3. The molecule has 5 heteroatoms. The maximum absolute atomic E-state index is 11.4. The molecule has 1 rings (SSSR count). The molecule has 1 amide bonds. The van der Waals surface area contributed by atoms with Crippen molar-refractivity contribution in [3.8, 4) is 0 Å². The third-order valence-corrected chi connectivity index (χ3v) is 2.55. The van der Waals surface area contributed by atoms with Crippen LogP contribution in [0.5, 0.6) is 0 Å². The molecule has 0 atom stereocenters. The van der Waals surface area contributed by atoms with Crippen molar-refractivity contribution >= 4 is 29.6 Å². The number of carbonyl (C=O) groups excluding carboxylic acids is 2. The molecule has 4 nitrogen and oxygen atoms in total. The molecule has 0 unspecified atom stereocenters. The van der Waals surface area contributed by atoms with E-state index in [1.165, 1.54) is 6.08 Å². The monoisotopic (exact) mass is 295 g/mol. The molecule has 0 heterocycles. The zero-order valence-corrected chi connectivity index (χ0v) is 12.3. The molecular weight excluding hydrogens is 278 g/mol. The van der Waals surface area contributed by atoms with Crippen molar-refractivity contribution in [2.45, 2.75) is 13.8 Å². The zero-order valence-electron chi connectivity index (χ0n) is 11.6. The Balaban J connectivity index is 2.35. The third kappa shape index (κ3) is 6.95. The van der Waals surface area contributed by atoms with Crippen LogP contribution in [0.25, 0.3) is 6.08 Å². The first-order valence-corrected chi connectivity index (χ1v) is 6.72. The van der Waals surface area contributed by atoms with Crippen molar-refractivity contribution in [3.05, 3.63) is 40.9 Å². The predicted octanol–water partition coefficient (Wildman–Crippen LogP) is 2.67. The topological polar surface area (TPSA) is 55.4 Å². The number of ether oxygens (including phenoxy) is 1. The van der Waals surface area contributed by atoms with Gasteiger partial charge in [-0.2, -0.15) is 0 Å². The normalized spacial score (nSPS) is 10.8. The first kappa shape index (κ1) is 16.2. The Bertz CT molecular complexity index is 498. The van der Waals surface area contributed by atoms with E-state index in [2.05, 4.69) is 5.32 Å². The van der Waals surface area contributed by atoms with Gasteiger partial charge in [-0.05, 0) is 29.7 Å². The molecule has 0 aliphatic carbocycles. The van der Waals surface area contributed by atoms with Crippen LogP contribution in [0.1, 0.15) is 19.4 Å². The highest BCUT2D eigenvalue weighted by Gasteiger charge is 2.05. The van der Waals surface area contributed by atoms with Crippen LogP contribution < -0.4 is 5.32 Å². The average molecular weight is 296 g/mol. The fraction of sp³-hybridized carbons (Fsp3) is 0.333. The highest BCUT2D eigenvalue weighted by Crippen LogP contribution is 2.11. The van der Waals surface area contributed by atoms with Crippen molar-refractivity contribution in [1.29, 1.82) is 0 Å². The number of halogens is 1. The number of amides is 1. The highest BCUT2D eigenvalue weighted by molar-refractivity contribution is 6.30. The molecule has 108 valence electrons. The van der Waals surface area contributed by atoms with Crippen LogP contribution in [0.15, 0.2) is 30.3 Å². The molecule has 20 heavy (non-hydrogen) atoms. The summed E-state index contributed by atoms with van der Waals surface area (Å²) in [7, 11) is 0. The Hall–Kier alpha value is -1.81. The summed E-state index contributed by atoms with van der Waals surface area (Å²) in [5.74, 6) is -0.509. The van der Waals surface area contributed by atoms with Gasteiger partial charge >= 0.3 is 5.97 Å². The molecule has 1 aromatic carbocycles. The fourth-order valence-corrected chi connectivity index (χ4v) is 1.53. The Morgan fingerprint density at radius 3 is 2.80 bits per heavy atom. The van der Waals surface area contributed by atoms with Gasteiger partial charge < -0.3 is 10.1 Å². The molecule has 0 saturated heterocycles. The number of hydrogen-bond acceptors (Lipinski definition) is 3. The molecule has 0 aromatic heterocycles. The lowest BCUT2D eigenvalue weighted by Gasteiger charge is -2.07. The minimum absolute atomic E-state index is 0.272. The maximum atomic E-state index is 11.4. The minimum Gasteiger partial charge on any atom is -0.452 e. The number of nitrogens with one attached hydrogen (secondary N) is 1. The van der Waals surface area contributed by atoms with Gasteiger partial charge in [0.05, 0.1) is 0 Å². The van der Waals surface area contributed by atoms with E-state index in [0.717, 1.165) is 5.56 Å². The van der Waals surface area contributed by atoms with E-state index in [4.69, 9.17) is 16.3 Å². The lowest BCUT2D eigenvalue weighted by molar-refractivity contribution is -0.143. The summed E-state index contributed by atoms with van der Waals surface area (Å²) in [4.78, 5) is 22.8. The van der Waals surface area contributed by atoms with Crippen LogP contribution >= 0.6 is 11.6 Å². The van der Waals surface area contributed by atoms with Gasteiger partial charge in [-0.25, -0.2) is 4.79 Å². The molecule has 0 bridgehead atoms. The van der Waals surface area contributed by atoms with Crippen LogP contribution in [-0.2, 0) is 14.3 Å². The van der Waals surface area contributed by atoms with Crippen molar-refractivity contribution in [3.63, 3.8) is 0 Å². The van der Waals surface area contributed by atoms with E-state index in [9.17, 15) is 9.59 Å². The van der Waals surface area contributed by atoms with E-state index >= 15 is 0 Å². The second kappa shape index (κ2) is 8.38. The molecule has 1 aromatic rings. The van der Waals surface area contributed by atoms with Crippen molar-refractivity contribution in [2.75, 3.05) is 13.2 Å². The van der Waals surface area contributed by atoms with Crippen molar-refractivity contribution < 1.29 is 14.3 Å². The molecule has 0 fully saturated rings. The average Bonchev–Trinajstić information content (AvgIpc) is 2.40. The number of carbonyl (C=O) groups is 2. The maximum Gasteiger partial charge on any atom is 0.331 e. The summed E-state index contributed by atoms with van der Waals surface area (Å²) in [6.45, 7) is 4.26.